The van der Waals surface area contributed by atoms with Gasteiger partial charge in [-0.1, -0.05) is 11.6 Å². The number of carbonyl (C=O) groups excluding carboxylic acids is 2. The Morgan fingerprint density at radius 3 is 2.65 bits per heavy atom. The number of hydrogen-bond donors (Lipinski definition) is 2. The molecule has 23 heavy (non-hydrogen) atoms. The topological polar surface area (TPSA) is 84.7 Å². The number of amides is 2. The molecule has 6 nitrogen and oxygen atoms in total. The summed E-state index contributed by atoms with van der Waals surface area (Å²) >= 11 is 6.11. The molecule has 1 aliphatic rings. The van der Waals surface area contributed by atoms with Crippen LogP contribution in [0.4, 0.5) is 0 Å². The molecule has 0 aromatic heterocycles. The van der Waals surface area contributed by atoms with Crippen LogP contribution in [-0.4, -0.2) is 36.4 Å². The van der Waals surface area contributed by atoms with Gasteiger partial charge < -0.3 is 9.64 Å². The lowest BCUT2D eigenvalue weighted by atomic mass is 9.97. The third kappa shape index (κ3) is 4.36. The van der Waals surface area contributed by atoms with Crippen LogP contribution >= 0.6 is 11.6 Å². The Hall–Kier alpha value is -1.79. The molecule has 126 valence electrons. The van der Waals surface area contributed by atoms with Crippen LogP contribution in [0.2, 0.25) is 5.02 Å². The van der Waals surface area contributed by atoms with Crippen LogP contribution < -0.4 is 16.0 Å². The van der Waals surface area contributed by atoms with Crippen LogP contribution in [0.15, 0.2) is 12.1 Å². The van der Waals surface area contributed by atoms with Crippen LogP contribution in [-0.2, 0) is 9.59 Å². The second-order valence-electron chi connectivity index (χ2n) is 5.85. The highest BCUT2D eigenvalue weighted by Gasteiger charge is 2.28. The molecule has 0 radical (unpaired) electrons. The number of hydrazine groups is 1. The summed E-state index contributed by atoms with van der Waals surface area (Å²) in [6, 6.07) is 3.62. The minimum absolute atomic E-state index is 0.0581. The minimum atomic E-state index is -0.252. The third-order valence-electron chi connectivity index (χ3n) is 4.06. The van der Waals surface area contributed by atoms with Gasteiger partial charge in [0, 0.05) is 18.1 Å². The summed E-state index contributed by atoms with van der Waals surface area (Å²) in [5.41, 5.74) is 3.97. The number of nitrogens with zero attached hydrogens (tertiary/aromatic N) is 1. The number of ether oxygens (including phenoxy) is 1. The van der Waals surface area contributed by atoms with Crippen molar-refractivity contribution >= 4 is 23.4 Å². The van der Waals surface area contributed by atoms with Crippen LogP contribution in [0.5, 0.6) is 5.75 Å². The Labute approximate surface area is 140 Å². The standard InChI is InChI=1S/C16H22ClN3O3/c1-10-6-13(7-11(2)15(10)17)23-9-14(21)20-5-3-4-12(8-20)16(22)19-18/h6-7,12H,3-5,8-9,18H2,1-2H3,(H,19,22). The van der Waals surface area contributed by atoms with Crippen molar-refractivity contribution in [1.29, 1.82) is 0 Å². The second-order valence-corrected chi connectivity index (χ2v) is 6.23. The highest BCUT2D eigenvalue weighted by Crippen LogP contribution is 2.26. The van der Waals surface area contributed by atoms with Gasteiger partial charge in [0.2, 0.25) is 5.91 Å². The lowest BCUT2D eigenvalue weighted by molar-refractivity contribution is -0.137. The van der Waals surface area contributed by atoms with E-state index in [1.165, 1.54) is 0 Å². The lowest BCUT2D eigenvalue weighted by Gasteiger charge is -2.31. The van der Waals surface area contributed by atoms with Crippen molar-refractivity contribution in [1.82, 2.24) is 10.3 Å². The van der Waals surface area contributed by atoms with E-state index in [9.17, 15) is 9.59 Å². The zero-order valence-electron chi connectivity index (χ0n) is 13.4. The molecule has 1 fully saturated rings. The van der Waals surface area contributed by atoms with Gasteiger partial charge in [0.25, 0.3) is 5.91 Å². The predicted octanol–water partition coefficient (Wildman–Crippen LogP) is 1.56. The molecule has 1 saturated heterocycles. The van der Waals surface area contributed by atoms with Gasteiger partial charge in [-0.3, -0.25) is 15.0 Å². The Morgan fingerprint density at radius 1 is 1.39 bits per heavy atom. The summed E-state index contributed by atoms with van der Waals surface area (Å²) in [7, 11) is 0. The van der Waals surface area contributed by atoms with E-state index in [0.717, 1.165) is 24.0 Å². The molecule has 1 atom stereocenters. The highest BCUT2D eigenvalue weighted by molar-refractivity contribution is 6.32. The number of likely N-dealkylation sites (tertiary alicyclic amines) is 1. The fraction of sp³-hybridized carbons (Fsp3) is 0.500. The largest absolute Gasteiger partial charge is 0.484 e. The van der Waals surface area contributed by atoms with Crippen LogP contribution in [0.25, 0.3) is 0 Å². The first-order chi connectivity index (χ1) is 10.9. The van der Waals surface area contributed by atoms with E-state index >= 15 is 0 Å². The molecule has 0 aliphatic carbocycles. The Balaban J connectivity index is 1.93. The quantitative estimate of drug-likeness (QED) is 0.495. The third-order valence-corrected chi connectivity index (χ3v) is 4.66. The van der Waals surface area contributed by atoms with E-state index in [4.69, 9.17) is 22.2 Å². The maximum atomic E-state index is 12.3. The first kappa shape index (κ1) is 17.6. The molecule has 1 unspecified atom stereocenters. The molecule has 2 amide bonds. The molecule has 1 aromatic rings. The number of nitrogens with one attached hydrogen (secondary N) is 1. The van der Waals surface area contributed by atoms with E-state index in [1.807, 2.05) is 26.0 Å². The average Bonchev–Trinajstić information content (AvgIpc) is 2.56. The lowest BCUT2D eigenvalue weighted by Crippen LogP contribution is -2.48. The molecule has 1 aliphatic heterocycles. The van der Waals surface area contributed by atoms with Gasteiger partial charge in [0.15, 0.2) is 6.61 Å². The minimum Gasteiger partial charge on any atom is -0.484 e. The number of hydrogen-bond acceptors (Lipinski definition) is 4. The van der Waals surface area contributed by atoms with Crippen molar-refractivity contribution < 1.29 is 14.3 Å². The zero-order chi connectivity index (χ0) is 17.0. The predicted molar refractivity (Wildman–Crippen MR) is 88.1 cm³/mol. The van der Waals surface area contributed by atoms with Crippen molar-refractivity contribution in [2.75, 3.05) is 19.7 Å². The van der Waals surface area contributed by atoms with E-state index < -0.39 is 0 Å². The van der Waals surface area contributed by atoms with Gasteiger partial charge in [0.05, 0.1) is 5.92 Å². The Bertz CT molecular complexity index is 583. The second kappa shape index (κ2) is 7.66. The first-order valence-electron chi connectivity index (χ1n) is 7.60. The number of rotatable bonds is 4. The summed E-state index contributed by atoms with van der Waals surface area (Å²) in [6.07, 6.45) is 1.52. The smallest absolute Gasteiger partial charge is 0.260 e. The normalized spacial score (nSPS) is 17.7. The van der Waals surface area contributed by atoms with Gasteiger partial charge in [-0.25, -0.2) is 5.84 Å². The number of piperidine rings is 1. The fourth-order valence-corrected chi connectivity index (χ4v) is 2.87. The molecular formula is C16H22ClN3O3. The number of nitrogens with two attached hydrogens (primary N) is 1. The number of benzene rings is 1. The van der Waals surface area contributed by atoms with Gasteiger partial charge in [-0.15, -0.1) is 0 Å². The fourth-order valence-electron chi connectivity index (χ4n) is 2.76. The van der Waals surface area contributed by atoms with Crippen molar-refractivity contribution in [3.05, 3.63) is 28.3 Å². The van der Waals surface area contributed by atoms with Crippen LogP contribution in [0.1, 0.15) is 24.0 Å². The van der Waals surface area contributed by atoms with Crippen molar-refractivity contribution in [3.8, 4) is 5.75 Å². The average molecular weight is 340 g/mol. The van der Waals surface area contributed by atoms with Gasteiger partial charge >= 0.3 is 0 Å². The van der Waals surface area contributed by atoms with E-state index in [1.54, 1.807) is 4.90 Å². The first-order valence-corrected chi connectivity index (χ1v) is 7.98. The molecular weight excluding hydrogens is 318 g/mol. The molecule has 7 heteroatoms. The van der Waals surface area contributed by atoms with Crippen LogP contribution in [0, 0.1) is 19.8 Å². The molecule has 0 saturated carbocycles. The van der Waals surface area contributed by atoms with E-state index in [-0.39, 0.29) is 24.3 Å². The number of halogens is 1. The highest BCUT2D eigenvalue weighted by atomic mass is 35.5. The molecule has 1 aromatic carbocycles. The van der Waals surface area contributed by atoms with Crippen molar-refractivity contribution in [2.24, 2.45) is 11.8 Å². The van der Waals surface area contributed by atoms with Crippen LogP contribution in [0.3, 0.4) is 0 Å². The van der Waals surface area contributed by atoms with Gasteiger partial charge in [0.1, 0.15) is 5.75 Å². The van der Waals surface area contributed by atoms with E-state index in [0.29, 0.717) is 23.9 Å². The summed E-state index contributed by atoms with van der Waals surface area (Å²) < 4.78 is 5.58. The molecule has 1 heterocycles. The number of aryl methyl sites for hydroxylation is 2. The van der Waals surface area contributed by atoms with Crippen molar-refractivity contribution in [3.63, 3.8) is 0 Å². The summed E-state index contributed by atoms with van der Waals surface area (Å²) in [6.45, 7) is 4.74. The number of carbonyl (C=O) groups is 2. The van der Waals surface area contributed by atoms with Crippen molar-refractivity contribution in [2.45, 2.75) is 26.7 Å². The maximum absolute atomic E-state index is 12.3. The SMILES string of the molecule is Cc1cc(OCC(=O)N2CCCC(C(=O)NN)C2)cc(C)c1Cl. The zero-order valence-corrected chi connectivity index (χ0v) is 14.2. The molecule has 3 N–H and O–H groups in total. The maximum Gasteiger partial charge on any atom is 0.260 e. The monoisotopic (exact) mass is 339 g/mol. The van der Waals surface area contributed by atoms with Gasteiger partial charge in [-0.05, 0) is 49.9 Å². The molecule has 0 spiro atoms. The Kier molecular flexibility index (Phi) is 5.85. The summed E-state index contributed by atoms with van der Waals surface area (Å²) in [5.74, 6) is 5.16. The van der Waals surface area contributed by atoms with Gasteiger partial charge in [-0.2, -0.15) is 0 Å². The molecule has 2 rings (SSSR count). The summed E-state index contributed by atoms with van der Waals surface area (Å²) in [4.78, 5) is 25.5. The summed E-state index contributed by atoms with van der Waals surface area (Å²) in [5, 5.41) is 0.704. The molecule has 0 bridgehead atoms. The Morgan fingerprint density at radius 2 is 2.04 bits per heavy atom. The van der Waals surface area contributed by atoms with E-state index in [2.05, 4.69) is 5.43 Å².